The molecule has 8 heteroatoms. The second-order valence-corrected chi connectivity index (χ2v) is 2.54. The minimum absolute atomic E-state index is 0. The normalized spacial score (nSPS) is 10.4. The number of carbonyl (C=O) groups is 1. The van der Waals surface area contributed by atoms with Crippen LogP contribution in [0.4, 0.5) is 12.9 Å². The van der Waals surface area contributed by atoms with Crippen LogP contribution in [0.5, 0.6) is 0 Å². The summed E-state index contributed by atoms with van der Waals surface area (Å²) in [6.07, 6.45) is 0.617. The van der Waals surface area contributed by atoms with Crippen molar-refractivity contribution in [3.63, 3.8) is 0 Å². The van der Waals surface area contributed by atoms with Gasteiger partial charge in [0.25, 0.3) is 0 Å². The molecule has 0 aliphatic rings. The molecule has 0 aliphatic carbocycles. The van der Waals surface area contributed by atoms with E-state index in [-0.39, 0.29) is 57.1 Å². The van der Waals surface area contributed by atoms with E-state index in [1.807, 2.05) is 0 Å². The fourth-order valence-corrected chi connectivity index (χ4v) is 0.824. The number of nitrogens with zero attached hydrogens (tertiary/aromatic N) is 1. The molecule has 0 atom stereocenters. The first kappa shape index (κ1) is 15.1. The Morgan fingerprint density at radius 1 is 1.40 bits per heavy atom. The van der Waals surface area contributed by atoms with Crippen LogP contribution in [0.2, 0.25) is 0 Å². The van der Waals surface area contributed by atoms with E-state index in [1.54, 1.807) is 0 Å². The summed E-state index contributed by atoms with van der Waals surface area (Å²) in [6.45, 7) is -5.06. The molecule has 15 heavy (non-hydrogen) atoms. The molecule has 1 heterocycles. The Morgan fingerprint density at radius 3 is 2.33 bits per heavy atom. The molecule has 0 fully saturated rings. The second-order valence-electron chi connectivity index (χ2n) is 2.54. The molecule has 1 aromatic heterocycles. The molecule has 0 N–H and O–H groups in total. The third-order valence-corrected chi connectivity index (χ3v) is 1.56. The van der Waals surface area contributed by atoms with Gasteiger partial charge in [-0.25, -0.2) is 4.79 Å². The average Bonchev–Trinajstić information content (AvgIpc) is 2.15. The number of hydrogen-bond donors (Lipinski definition) is 0. The zero-order valence-corrected chi connectivity index (χ0v) is 11.3. The van der Waals surface area contributed by atoms with E-state index in [9.17, 15) is 17.7 Å². The monoisotopic (exact) mass is 243 g/mol. The van der Waals surface area contributed by atoms with Crippen molar-refractivity contribution in [1.29, 1.82) is 0 Å². The maximum Gasteiger partial charge on any atom is 1.00 e. The Kier molecular flexibility index (Phi) is 6.04. The summed E-state index contributed by atoms with van der Waals surface area (Å²) in [4.78, 5) is 14.2. The molecule has 0 spiro atoms. The van der Waals surface area contributed by atoms with Crippen LogP contribution in [-0.2, 0) is 4.74 Å². The number of halogens is 3. The smallest absolute Gasteiger partial charge is 0.464 e. The van der Waals surface area contributed by atoms with Crippen molar-refractivity contribution >= 4 is 18.4 Å². The van der Waals surface area contributed by atoms with Crippen molar-refractivity contribution in [2.45, 2.75) is 0 Å². The van der Waals surface area contributed by atoms with E-state index in [2.05, 4.69) is 9.72 Å². The molecular formula is C7H6BF3KNO2. The summed E-state index contributed by atoms with van der Waals surface area (Å²) in [6, 6.07) is 1.79. The minimum Gasteiger partial charge on any atom is -0.464 e. The maximum absolute atomic E-state index is 12.1. The van der Waals surface area contributed by atoms with Crippen LogP contribution in [0.25, 0.3) is 0 Å². The quantitative estimate of drug-likeness (QED) is 0.442. The first-order valence-electron chi connectivity index (χ1n) is 3.69. The van der Waals surface area contributed by atoms with Gasteiger partial charge in [0.2, 0.25) is 0 Å². The number of pyridine rings is 1. The topological polar surface area (TPSA) is 39.2 Å². The largest absolute Gasteiger partial charge is 1.00 e. The third-order valence-electron chi connectivity index (χ3n) is 1.56. The van der Waals surface area contributed by atoms with Crippen LogP contribution in [0.15, 0.2) is 18.3 Å². The maximum atomic E-state index is 12.1. The minimum atomic E-state index is -5.06. The Morgan fingerprint density at radius 2 is 2.00 bits per heavy atom. The molecule has 76 valence electrons. The number of aromatic nitrogens is 1. The molecule has 1 rings (SSSR count). The van der Waals surface area contributed by atoms with Crippen LogP contribution in [0.1, 0.15) is 10.5 Å². The van der Waals surface area contributed by atoms with E-state index < -0.39 is 18.4 Å². The average molecular weight is 243 g/mol. The van der Waals surface area contributed by atoms with Gasteiger partial charge in [-0.15, -0.1) is 0 Å². The number of esters is 1. The van der Waals surface area contributed by atoms with Gasteiger partial charge >= 0.3 is 64.3 Å². The van der Waals surface area contributed by atoms with Gasteiger partial charge in [0.1, 0.15) is 5.69 Å². The summed E-state index contributed by atoms with van der Waals surface area (Å²) in [5.74, 6) is -0.758. The van der Waals surface area contributed by atoms with Crippen LogP contribution in [-0.4, -0.2) is 25.0 Å². The standard InChI is InChI=1S/C7H6BF3NO2.K/c1-14-7(13)6-3-2-5(4-12-6)8(9,10)11;/h2-4H,1H3;/q-1;+1. The molecule has 0 saturated heterocycles. The fourth-order valence-electron chi connectivity index (χ4n) is 0.824. The van der Waals surface area contributed by atoms with Gasteiger partial charge in [0.05, 0.1) is 7.11 Å². The molecule has 0 saturated carbocycles. The number of methoxy groups -OCH3 is 1. The van der Waals surface area contributed by atoms with Crippen LogP contribution < -0.4 is 56.8 Å². The van der Waals surface area contributed by atoms with Crippen molar-refractivity contribution < 1.29 is 73.9 Å². The SMILES string of the molecule is COC(=O)c1ccc([B-](F)(F)F)cn1.[K+]. The van der Waals surface area contributed by atoms with Crippen LogP contribution in [0.3, 0.4) is 0 Å². The van der Waals surface area contributed by atoms with E-state index in [0.29, 0.717) is 6.20 Å². The number of ether oxygens (including phenoxy) is 1. The Balaban J connectivity index is 0.00000196. The van der Waals surface area contributed by atoms with E-state index >= 15 is 0 Å². The zero-order valence-electron chi connectivity index (χ0n) is 8.21. The first-order valence-corrected chi connectivity index (χ1v) is 3.69. The summed E-state index contributed by atoms with van der Waals surface area (Å²) >= 11 is 0. The Hall–Kier alpha value is 0.111. The van der Waals surface area contributed by atoms with Crippen LogP contribution in [0, 0.1) is 0 Å². The first-order chi connectivity index (χ1) is 6.45. The molecule has 0 aromatic carbocycles. The van der Waals surface area contributed by atoms with E-state index in [0.717, 1.165) is 19.2 Å². The fraction of sp³-hybridized carbons (Fsp3) is 0.143. The molecule has 0 amide bonds. The van der Waals surface area contributed by atoms with Crippen molar-refractivity contribution in [2.24, 2.45) is 0 Å². The van der Waals surface area contributed by atoms with Gasteiger partial charge in [-0.1, -0.05) is 11.5 Å². The van der Waals surface area contributed by atoms with E-state index in [1.165, 1.54) is 0 Å². The molecule has 1 aromatic rings. The number of rotatable bonds is 2. The third kappa shape index (κ3) is 4.23. The summed E-state index contributed by atoms with van der Waals surface area (Å²) in [5, 5.41) is 0. The zero-order chi connectivity index (χ0) is 10.8. The van der Waals surface area contributed by atoms with Crippen molar-refractivity contribution in [3.05, 3.63) is 24.0 Å². The summed E-state index contributed by atoms with van der Waals surface area (Å²) in [7, 11) is 1.13. The van der Waals surface area contributed by atoms with Gasteiger partial charge in [0.15, 0.2) is 0 Å². The molecular weight excluding hydrogens is 237 g/mol. The van der Waals surface area contributed by atoms with Gasteiger partial charge < -0.3 is 17.7 Å². The van der Waals surface area contributed by atoms with Crippen molar-refractivity contribution in [3.8, 4) is 0 Å². The van der Waals surface area contributed by atoms with Gasteiger partial charge in [-0.05, 0) is 6.07 Å². The van der Waals surface area contributed by atoms with Gasteiger partial charge in [0, 0.05) is 6.20 Å². The van der Waals surface area contributed by atoms with Gasteiger partial charge in [-0.3, -0.25) is 4.98 Å². The molecule has 3 nitrogen and oxygen atoms in total. The molecule has 0 radical (unpaired) electrons. The van der Waals surface area contributed by atoms with Crippen molar-refractivity contribution in [2.75, 3.05) is 7.11 Å². The Bertz CT molecular complexity index is 341. The van der Waals surface area contributed by atoms with Gasteiger partial charge in [-0.2, -0.15) is 0 Å². The predicted molar refractivity (Wildman–Crippen MR) is 44.3 cm³/mol. The molecule has 0 aliphatic heterocycles. The number of hydrogen-bond acceptors (Lipinski definition) is 3. The second kappa shape index (κ2) is 6.00. The molecule has 0 bridgehead atoms. The summed E-state index contributed by atoms with van der Waals surface area (Å²) in [5.41, 5.74) is -0.978. The Labute approximate surface area is 127 Å². The predicted octanol–water partition coefficient (Wildman–Crippen LogP) is -2.07. The van der Waals surface area contributed by atoms with Crippen LogP contribution >= 0.6 is 0 Å². The molecule has 0 unspecified atom stereocenters. The van der Waals surface area contributed by atoms with Crippen molar-refractivity contribution in [1.82, 2.24) is 4.98 Å². The van der Waals surface area contributed by atoms with E-state index in [4.69, 9.17) is 0 Å². The number of carbonyl (C=O) groups excluding carboxylic acids is 1. The summed E-state index contributed by atoms with van der Waals surface area (Å²) < 4.78 is 40.6.